The van der Waals surface area contributed by atoms with Crippen LogP contribution in [0.15, 0.2) is 9.79 Å². The van der Waals surface area contributed by atoms with Crippen LogP contribution in [-0.2, 0) is 19.5 Å². The third-order valence-electron chi connectivity index (χ3n) is 5.11. The van der Waals surface area contributed by atoms with Crippen LogP contribution < -0.4 is 16.3 Å². The Bertz CT molecular complexity index is 740. The number of aromatic nitrogens is 3. The average Bonchev–Trinajstić information content (AvgIpc) is 3.20. The summed E-state index contributed by atoms with van der Waals surface area (Å²) in [6, 6.07) is -0.0592. The van der Waals surface area contributed by atoms with E-state index >= 15 is 0 Å². The number of hydrogen-bond donors (Lipinski definition) is 2. The second-order valence-corrected chi connectivity index (χ2v) is 7.36. The lowest BCUT2D eigenvalue weighted by Crippen LogP contribution is -2.45. The van der Waals surface area contributed by atoms with E-state index in [0.717, 1.165) is 31.6 Å². The molecule has 2 N–H and O–H groups in total. The van der Waals surface area contributed by atoms with E-state index in [0.29, 0.717) is 45.0 Å². The van der Waals surface area contributed by atoms with Crippen molar-refractivity contribution in [3.8, 4) is 0 Å². The normalized spacial score (nSPS) is 21.0. The Morgan fingerprint density at radius 2 is 2.14 bits per heavy atom. The molecule has 1 atom stereocenters. The van der Waals surface area contributed by atoms with Crippen LogP contribution in [0.25, 0.3) is 0 Å². The second-order valence-electron chi connectivity index (χ2n) is 7.36. The summed E-state index contributed by atoms with van der Waals surface area (Å²) in [7, 11) is 1.63. The van der Waals surface area contributed by atoms with Crippen LogP contribution in [0.3, 0.4) is 0 Å². The molecule has 2 aliphatic heterocycles. The number of halogens is 3. The minimum absolute atomic E-state index is 0.0482. The summed E-state index contributed by atoms with van der Waals surface area (Å²) in [5, 5.41) is 10.7. The maximum absolute atomic E-state index is 12.5. The van der Waals surface area contributed by atoms with E-state index in [1.165, 1.54) is 9.58 Å². The summed E-state index contributed by atoms with van der Waals surface area (Å²) in [5.74, 6) is 1.43. The molecule has 2 aliphatic rings. The Kier molecular flexibility index (Phi) is 6.63. The van der Waals surface area contributed by atoms with Gasteiger partial charge < -0.3 is 10.6 Å². The molecule has 1 fully saturated rings. The molecular formula is C17H28F3N7O. The predicted molar refractivity (Wildman–Crippen MR) is 99.4 cm³/mol. The van der Waals surface area contributed by atoms with Crippen molar-refractivity contribution in [3.05, 3.63) is 16.3 Å². The van der Waals surface area contributed by atoms with Gasteiger partial charge in [-0.15, -0.1) is 0 Å². The van der Waals surface area contributed by atoms with Crippen LogP contribution in [0, 0.1) is 0 Å². The van der Waals surface area contributed by atoms with Crippen LogP contribution >= 0.6 is 0 Å². The molecule has 8 nitrogen and oxygen atoms in total. The highest BCUT2D eigenvalue weighted by atomic mass is 19.4. The number of aryl methyl sites for hydroxylation is 2. The molecule has 1 aromatic heterocycles. The molecule has 158 valence electrons. The van der Waals surface area contributed by atoms with Crippen LogP contribution in [0.2, 0.25) is 0 Å². The van der Waals surface area contributed by atoms with Gasteiger partial charge in [-0.25, -0.2) is 9.48 Å². The number of hydrogen-bond acceptors (Lipinski definition) is 4. The molecule has 3 rings (SSSR count). The monoisotopic (exact) mass is 403 g/mol. The zero-order chi connectivity index (χ0) is 20.1. The molecule has 28 heavy (non-hydrogen) atoms. The molecular weight excluding hydrogens is 375 g/mol. The number of guanidine groups is 1. The predicted octanol–water partition coefficient (Wildman–Crippen LogP) is 0.573. The highest BCUT2D eigenvalue weighted by molar-refractivity contribution is 5.79. The fourth-order valence-electron chi connectivity index (χ4n) is 3.77. The third kappa shape index (κ3) is 5.49. The molecule has 0 bridgehead atoms. The Balaban J connectivity index is 1.39. The van der Waals surface area contributed by atoms with Gasteiger partial charge in [0.25, 0.3) is 0 Å². The quantitative estimate of drug-likeness (QED) is 0.413. The summed E-state index contributed by atoms with van der Waals surface area (Å²) in [4.78, 5) is 17.8. The van der Waals surface area contributed by atoms with Gasteiger partial charge in [-0.1, -0.05) is 0 Å². The minimum atomic E-state index is -4.17. The van der Waals surface area contributed by atoms with Crippen molar-refractivity contribution in [1.29, 1.82) is 0 Å². The van der Waals surface area contributed by atoms with E-state index < -0.39 is 12.7 Å². The summed E-state index contributed by atoms with van der Waals surface area (Å²) in [6.07, 6.45) is 0.114. The van der Waals surface area contributed by atoms with Gasteiger partial charge in [0.05, 0.1) is 6.54 Å². The number of nitrogens with zero attached hydrogens (tertiary/aromatic N) is 5. The molecule has 0 amide bonds. The molecule has 0 spiro atoms. The van der Waals surface area contributed by atoms with E-state index in [2.05, 4.69) is 20.7 Å². The molecule has 1 unspecified atom stereocenters. The van der Waals surface area contributed by atoms with Gasteiger partial charge in [0, 0.05) is 52.2 Å². The first-order chi connectivity index (χ1) is 13.4. The fraction of sp³-hybridized carbons (Fsp3) is 0.824. The minimum Gasteiger partial charge on any atom is -0.356 e. The Morgan fingerprint density at radius 3 is 2.86 bits per heavy atom. The molecule has 1 aromatic rings. The Hall–Kier alpha value is -2.04. The van der Waals surface area contributed by atoms with Crippen LogP contribution in [-0.4, -0.2) is 70.7 Å². The number of fused-ring (bicyclic) bond motifs is 1. The summed E-state index contributed by atoms with van der Waals surface area (Å²) < 4.78 is 40.7. The zero-order valence-electron chi connectivity index (χ0n) is 16.1. The molecule has 0 aromatic carbocycles. The summed E-state index contributed by atoms with van der Waals surface area (Å²) >= 11 is 0. The number of alkyl halides is 3. The van der Waals surface area contributed by atoms with Crippen molar-refractivity contribution < 1.29 is 13.2 Å². The van der Waals surface area contributed by atoms with E-state index in [4.69, 9.17) is 0 Å². The lowest BCUT2D eigenvalue weighted by molar-refractivity contribution is -0.143. The molecule has 0 radical (unpaired) electrons. The number of rotatable bonds is 6. The van der Waals surface area contributed by atoms with Crippen LogP contribution in [0.4, 0.5) is 13.2 Å². The first kappa shape index (κ1) is 20.7. The highest BCUT2D eigenvalue weighted by Gasteiger charge is 2.34. The van der Waals surface area contributed by atoms with Crippen molar-refractivity contribution in [2.45, 2.75) is 57.4 Å². The lowest BCUT2D eigenvalue weighted by atomic mass is 10.2. The maximum Gasteiger partial charge on any atom is 0.401 e. The number of nitrogens with one attached hydrogen (secondary N) is 2. The SMILES string of the molecule is CN=C(NCCCn1nc2n(c1=O)CCCC2)NC1CCN(CC(F)(F)F)C1. The van der Waals surface area contributed by atoms with Crippen molar-refractivity contribution in [2.75, 3.05) is 33.2 Å². The van der Waals surface area contributed by atoms with E-state index in [1.807, 2.05) is 0 Å². The van der Waals surface area contributed by atoms with Gasteiger partial charge in [0.15, 0.2) is 5.96 Å². The van der Waals surface area contributed by atoms with Crippen molar-refractivity contribution >= 4 is 5.96 Å². The second kappa shape index (κ2) is 8.97. The summed E-state index contributed by atoms with van der Waals surface area (Å²) in [5.41, 5.74) is -0.0482. The maximum atomic E-state index is 12.5. The summed E-state index contributed by atoms with van der Waals surface area (Å²) in [6.45, 7) is 1.74. The third-order valence-corrected chi connectivity index (χ3v) is 5.11. The molecule has 0 aliphatic carbocycles. The Morgan fingerprint density at radius 1 is 1.32 bits per heavy atom. The van der Waals surface area contributed by atoms with Crippen LogP contribution in [0.5, 0.6) is 0 Å². The molecule has 1 saturated heterocycles. The zero-order valence-corrected chi connectivity index (χ0v) is 16.1. The average molecular weight is 403 g/mol. The highest BCUT2D eigenvalue weighted by Crippen LogP contribution is 2.19. The van der Waals surface area contributed by atoms with Gasteiger partial charge in [0.1, 0.15) is 5.82 Å². The lowest BCUT2D eigenvalue weighted by Gasteiger charge is -2.19. The van der Waals surface area contributed by atoms with Gasteiger partial charge in [-0.05, 0) is 25.7 Å². The number of aliphatic imine (C=N–C) groups is 1. The number of likely N-dealkylation sites (tertiary alicyclic amines) is 1. The topological polar surface area (TPSA) is 79.5 Å². The molecule has 3 heterocycles. The van der Waals surface area contributed by atoms with Crippen LogP contribution in [0.1, 0.15) is 31.5 Å². The van der Waals surface area contributed by atoms with E-state index in [-0.39, 0.29) is 11.7 Å². The van der Waals surface area contributed by atoms with Crippen molar-refractivity contribution in [2.24, 2.45) is 4.99 Å². The van der Waals surface area contributed by atoms with Crippen molar-refractivity contribution in [3.63, 3.8) is 0 Å². The largest absolute Gasteiger partial charge is 0.401 e. The Labute approximate surface area is 161 Å². The molecule has 0 saturated carbocycles. The first-order valence-corrected chi connectivity index (χ1v) is 9.78. The fourth-order valence-corrected chi connectivity index (χ4v) is 3.77. The van der Waals surface area contributed by atoms with Gasteiger partial charge in [-0.2, -0.15) is 18.3 Å². The molecule has 11 heteroatoms. The van der Waals surface area contributed by atoms with E-state index in [9.17, 15) is 18.0 Å². The standard InChI is InChI=1S/C17H28F3N7O/c1-21-15(23-13-6-10-25(11-13)12-17(18,19)20)22-7-4-9-27-16(28)26-8-3-2-5-14(26)24-27/h13H,2-12H2,1H3,(H2,21,22,23). The smallest absolute Gasteiger partial charge is 0.356 e. The van der Waals surface area contributed by atoms with Gasteiger partial charge in [-0.3, -0.25) is 14.5 Å². The van der Waals surface area contributed by atoms with E-state index in [1.54, 1.807) is 11.6 Å². The van der Waals surface area contributed by atoms with Gasteiger partial charge >= 0.3 is 11.9 Å². The first-order valence-electron chi connectivity index (χ1n) is 9.78. The van der Waals surface area contributed by atoms with Gasteiger partial charge in [0.2, 0.25) is 0 Å². The van der Waals surface area contributed by atoms with Crippen molar-refractivity contribution in [1.82, 2.24) is 29.9 Å².